The summed E-state index contributed by atoms with van der Waals surface area (Å²) in [5.74, 6) is 0. The number of aromatic amines is 1. The predicted octanol–water partition coefficient (Wildman–Crippen LogP) is 3.09. The molecule has 3 rings (SSSR count). The fourth-order valence-electron chi connectivity index (χ4n) is 1.81. The number of hydrogen-bond donors (Lipinski definition) is 1. The molecular formula is C13H8ClN3O. The first-order chi connectivity index (χ1) is 8.78. The number of carbonyl (C=O) groups is 1. The predicted molar refractivity (Wildman–Crippen MR) is 69.7 cm³/mol. The van der Waals surface area contributed by atoms with E-state index in [0.29, 0.717) is 16.4 Å². The van der Waals surface area contributed by atoms with Crippen molar-refractivity contribution in [1.82, 2.24) is 15.0 Å². The highest BCUT2D eigenvalue weighted by molar-refractivity contribution is 6.34. The number of rotatable bonds is 2. The highest BCUT2D eigenvalue weighted by Crippen LogP contribution is 2.26. The molecule has 0 amide bonds. The molecule has 0 saturated carbocycles. The molecule has 18 heavy (non-hydrogen) atoms. The Balaban J connectivity index is 2.13. The molecule has 0 bridgehead atoms. The normalized spacial score (nSPS) is 10.7. The lowest BCUT2D eigenvalue weighted by molar-refractivity contribution is 0.112. The van der Waals surface area contributed by atoms with Crippen LogP contribution in [0.2, 0.25) is 5.15 Å². The van der Waals surface area contributed by atoms with Crippen molar-refractivity contribution >= 4 is 28.9 Å². The van der Waals surface area contributed by atoms with E-state index in [1.807, 2.05) is 18.2 Å². The Kier molecular flexibility index (Phi) is 2.57. The Morgan fingerprint density at radius 1 is 1.17 bits per heavy atom. The molecule has 1 aromatic carbocycles. The monoisotopic (exact) mass is 257 g/mol. The van der Waals surface area contributed by atoms with Crippen LogP contribution in [0.1, 0.15) is 10.4 Å². The first-order valence-electron chi connectivity index (χ1n) is 5.33. The van der Waals surface area contributed by atoms with Gasteiger partial charge < -0.3 is 4.98 Å². The van der Waals surface area contributed by atoms with E-state index >= 15 is 0 Å². The van der Waals surface area contributed by atoms with Crippen LogP contribution >= 0.6 is 11.6 Å². The number of aromatic nitrogens is 3. The Bertz CT molecular complexity index is 719. The average Bonchev–Trinajstić information content (AvgIpc) is 2.84. The summed E-state index contributed by atoms with van der Waals surface area (Å²) >= 11 is 5.99. The van der Waals surface area contributed by atoms with E-state index in [9.17, 15) is 4.79 Å². The molecule has 0 aliphatic rings. The summed E-state index contributed by atoms with van der Waals surface area (Å²) in [6.45, 7) is 0. The molecule has 0 aliphatic heterocycles. The molecular weight excluding hydrogens is 250 g/mol. The summed E-state index contributed by atoms with van der Waals surface area (Å²) in [5.41, 5.74) is 3.21. The topological polar surface area (TPSA) is 58.6 Å². The SMILES string of the molecule is O=Cc1ccc(-c2cc3c(Cl)ncnc3[nH]2)cc1. The summed E-state index contributed by atoms with van der Waals surface area (Å²) in [4.78, 5) is 21.8. The zero-order chi connectivity index (χ0) is 12.5. The van der Waals surface area contributed by atoms with Gasteiger partial charge in [-0.15, -0.1) is 0 Å². The molecule has 88 valence electrons. The molecule has 0 atom stereocenters. The lowest BCUT2D eigenvalue weighted by atomic mass is 10.1. The Hall–Kier alpha value is -2.20. The summed E-state index contributed by atoms with van der Waals surface area (Å²) in [5, 5.41) is 1.21. The molecule has 5 heteroatoms. The number of hydrogen-bond acceptors (Lipinski definition) is 3. The smallest absolute Gasteiger partial charge is 0.150 e. The van der Waals surface area contributed by atoms with Gasteiger partial charge in [-0.1, -0.05) is 35.9 Å². The van der Waals surface area contributed by atoms with Crippen molar-refractivity contribution in [3.05, 3.63) is 47.4 Å². The minimum atomic E-state index is 0.423. The second-order valence-corrected chi connectivity index (χ2v) is 4.21. The molecule has 3 aromatic rings. The van der Waals surface area contributed by atoms with Gasteiger partial charge in [0, 0.05) is 11.3 Å². The maximum absolute atomic E-state index is 10.6. The average molecular weight is 258 g/mol. The molecule has 0 saturated heterocycles. The Labute approximate surface area is 108 Å². The Morgan fingerprint density at radius 2 is 1.94 bits per heavy atom. The van der Waals surface area contributed by atoms with Gasteiger partial charge in [0.1, 0.15) is 23.4 Å². The molecule has 0 fully saturated rings. The summed E-state index contributed by atoms with van der Waals surface area (Å²) in [6, 6.07) is 9.17. The lowest BCUT2D eigenvalue weighted by Gasteiger charge is -1.97. The Morgan fingerprint density at radius 3 is 2.61 bits per heavy atom. The van der Waals surface area contributed by atoms with Gasteiger partial charge in [-0.25, -0.2) is 9.97 Å². The molecule has 0 unspecified atom stereocenters. The van der Waals surface area contributed by atoms with Gasteiger partial charge in [-0.3, -0.25) is 4.79 Å². The molecule has 2 heterocycles. The number of aldehydes is 1. The van der Waals surface area contributed by atoms with E-state index in [-0.39, 0.29) is 0 Å². The third-order valence-corrected chi connectivity index (χ3v) is 3.04. The number of H-pyrrole nitrogens is 1. The molecule has 0 radical (unpaired) electrons. The fourth-order valence-corrected chi connectivity index (χ4v) is 1.99. The summed E-state index contributed by atoms with van der Waals surface area (Å²) < 4.78 is 0. The third kappa shape index (κ3) is 1.76. The molecule has 1 N–H and O–H groups in total. The van der Waals surface area contributed by atoms with Crippen molar-refractivity contribution in [1.29, 1.82) is 0 Å². The van der Waals surface area contributed by atoms with Crippen molar-refractivity contribution < 1.29 is 4.79 Å². The second kappa shape index (κ2) is 4.23. The van der Waals surface area contributed by atoms with Crippen LogP contribution in [-0.4, -0.2) is 21.2 Å². The van der Waals surface area contributed by atoms with Crippen LogP contribution in [0.4, 0.5) is 0 Å². The van der Waals surface area contributed by atoms with Crippen LogP contribution in [-0.2, 0) is 0 Å². The first kappa shape index (κ1) is 10.9. The van der Waals surface area contributed by atoms with E-state index < -0.39 is 0 Å². The van der Waals surface area contributed by atoms with E-state index in [2.05, 4.69) is 15.0 Å². The zero-order valence-corrected chi connectivity index (χ0v) is 9.98. The maximum atomic E-state index is 10.6. The van der Waals surface area contributed by atoms with Gasteiger partial charge in [-0.2, -0.15) is 0 Å². The van der Waals surface area contributed by atoms with E-state index in [1.165, 1.54) is 6.33 Å². The highest BCUT2D eigenvalue weighted by Gasteiger charge is 2.07. The first-order valence-corrected chi connectivity index (χ1v) is 5.70. The van der Waals surface area contributed by atoms with Crippen LogP contribution in [0.15, 0.2) is 36.7 Å². The molecule has 0 spiro atoms. The maximum Gasteiger partial charge on any atom is 0.150 e. The lowest BCUT2D eigenvalue weighted by Crippen LogP contribution is -1.81. The number of benzene rings is 1. The van der Waals surface area contributed by atoms with E-state index in [4.69, 9.17) is 11.6 Å². The fraction of sp³-hybridized carbons (Fsp3) is 0. The quantitative estimate of drug-likeness (QED) is 0.567. The van der Waals surface area contributed by atoms with Crippen LogP contribution < -0.4 is 0 Å². The van der Waals surface area contributed by atoms with Crippen LogP contribution in [0.3, 0.4) is 0 Å². The van der Waals surface area contributed by atoms with Crippen LogP contribution in [0.25, 0.3) is 22.3 Å². The summed E-state index contributed by atoms with van der Waals surface area (Å²) in [7, 11) is 0. The largest absolute Gasteiger partial charge is 0.339 e. The van der Waals surface area contributed by atoms with Gasteiger partial charge in [-0.05, 0) is 11.6 Å². The van der Waals surface area contributed by atoms with E-state index in [0.717, 1.165) is 22.9 Å². The van der Waals surface area contributed by atoms with Crippen molar-refractivity contribution in [3.8, 4) is 11.3 Å². The van der Waals surface area contributed by atoms with Gasteiger partial charge in [0.2, 0.25) is 0 Å². The number of fused-ring (bicyclic) bond motifs is 1. The zero-order valence-electron chi connectivity index (χ0n) is 9.22. The van der Waals surface area contributed by atoms with Crippen molar-refractivity contribution in [3.63, 3.8) is 0 Å². The number of halogens is 1. The number of nitrogens with zero attached hydrogens (tertiary/aromatic N) is 2. The number of carbonyl (C=O) groups excluding carboxylic acids is 1. The minimum absolute atomic E-state index is 0.423. The van der Waals surface area contributed by atoms with Gasteiger partial charge in [0.25, 0.3) is 0 Å². The molecule has 2 aromatic heterocycles. The van der Waals surface area contributed by atoms with Crippen molar-refractivity contribution in [2.75, 3.05) is 0 Å². The molecule has 0 aliphatic carbocycles. The third-order valence-electron chi connectivity index (χ3n) is 2.73. The second-order valence-electron chi connectivity index (χ2n) is 3.85. The number of nitrogens with one attached hydrogen (secondary N) is 1. The van der Waals surface area contributed by atoms with Crippen molar-refractivity contribution in [2.24, 2.45) is 0 Å². The van der Waals surface area contributed by atoms with Gasteiger partial charge in [0.15, 0.2) is 0 Å². The van der Waals surface area contributed by atoms with Gasteiger partial charge >= 0.3 is 0 Å². The summed E-state index contributed by atoms with van der Waals surface area (Å²) in [6.07, 6.45) is 2.23. The van der Waals surface area contributed by atoms with Gasteiger partial charge in [0.05, 0.1) is 5.39 Å². The van der Waals surface area contributed by atoms with Crippen LogP contribution in [0, 0.1) is 0 Å². The standard InChI is InChI=1S/C13H8ClN3O/c14-12-10-5-11(17-13(10)16-7-15-12)9-3-1-8(6-18)2-4-9/h1-7H,(H,15,16,17). The highest BCUT2D eigenvalue weighted by atomic mass is 35.5. The minimum Gasteiger partial charge on any atom is -0.339 e. The van der Waals surface area contributed by atoms with Crippen molar-refractivity contribution in [2.45, 2.75) is 0 Å². The van der Waals surface area contributed by atoms with E-state index in [1.54, 1.807) is 12.1 Å². The van der Waals surface area contributed by atoms with Crippen LogP contribution in [0.5, 0.6) is 0 Å². The molecule has 4 nitrogen and oxygen atoms in total.